The minimum Gasteiger partial charge on any atom is -0.465 e. The van der Waals surface area contributed by atoms with Crippen molar-refractivity contribution in [2.24, 2.45) is 0 Å². The first-order valence-corrected chi connectivity index (χ1v) is 7.00. The first kappa shape index (κ1) is 15.4. The number of hydrogen-bond acceptors (Lipinski definition) is 3. The zero-order chi connectivity index (χ0) is 14.7. The predicted molar refractivity (Wildman–Crippen MR) is 77.6 cm³/mol. The minimum atomic E-state index is -0.941. The maximum absolute atomic E-state index is 11.1. The smallest absolute Gasteiger partial charge is 0.407 e. The van der Waals surface area contributed by atoms with Crippen LogP contribution in [0.1, 0.15) is 11.7 Å². The summed E-state index contributed by atoms with van der Waals surface area (Å²) in [6, 6.07) is 5.18. The molecule has 0 spiro atoms. The van der Waals surface area contributed by atoms with Gasteiger partial charge in [0.25, 0.3) is 0 Å². The first-order chi connectivity index (χ1) is 9.52. The molecule has 1 amide bonds. The summed E-state index contributed by atoms with van der Waals surface area (Å²) in [6.45, 7) is 1.05. The molecule has 0 saturated carbocycles. The Kier molecular flexibility index (Phi) is 5.10. The SMILES string of the molecule is CN[C@@H]1CN(C(=O)O)CCO[C@H]1c1ccc(Cl)c(Cl)c1. The lowest BCUT2D eigenvalue weighted by molar-refractivity contribution is 0.0452. The highest BCUT2D eigenvalue weighted by atomic mass is 35.5. The van der Waals surface area contributed by atoms with Crippen molar-refractivity contribution in [1.82, 2.24) is 10.2 Å². The number of hydrogen-bond donors (Lipinski definition) is 2. The zero-order valence-corrected chi connectivity index (χ0v) is 12.5. The number of carboxylic acid groups (broad SMARTS) is 1. The van der Waals surface area contributed by atoms with Crippen molar-refractivity contribution in [3.63, 3.8) is 0 Å². The Labute approximate surface area is 127 Å². The number of ether oxygens (including phenoxy) is 1. The third kappa shape index (κ3) is 3.35. The van der Waals surface area contributed by atoms with E-state index < -0.39 is 6.09 Å². The van der Waals surface area contributed by atoms with Gasteiger partial charge in [0.05, 0.1) is 28.8 Å². The van der Waals surface area contributed by atoms with Crippen molar-refractivity contribution in [1.29, 1.82) is 0 Å². The molecule has 1 heterocycles. The molecule has 1 aromatic carbocycles. The van der Waals surface area contributed by atoms with Crippen LogP contribution in [0, 0.1) is 0 Å². The van der Waals surface area contributed by atoms with Crippen LogP contribution in [0.15, 0.2) is 18.2 Å². The van der Waals surface area contributed by atoms with Gasteiger partial charge in [0, 0.05) is 13.1 Å². The van der Waals surface area contributed by atoms with Crippen molar-refractivity contribution in [3.8, 4) is 0 Å². The summed E-state index contributed by atoms with van der Waals surface area (Å²) in [5.41, 5.74) is 0.881. The van der Waals surface area contributed by atoms with Gasteiger partial charge in [-0.3, -0.25) is 0 Å². The van der Waals surface area contributed by atoms with Gasteiger partial charge >= 0.3 is 6.09 Å². The highest BCUT2D eigenvalue weighted by Crippen LogP contribution is 2.30. The quantitative estimate of drug-likeness (QED) is 0.880. The van der Waals surface area contributed by atoms with Crippen LogP contribution in [-0.4, -0.2) is 48.9 Å². The molecule has 0 unspecified atom stereocenters. The van der Waals surface area contributed by atoms with Crippen LogP contribution in [0.25, 0.3) is 0 Å². The lowest BCUT2D eigenvalue weighted by Gasteiger charge is -2.26. The van der Waals surface area contributed by atoms with Crippen LogP contribution in [0.2, 0.25) is 10.0 Å². The van der Waals surface area contributed by atoms with E-state index in [0.717, 1.165) is 5.56 Å². The molecule has 110 valence electrons. The Morgan fingerprint density at radius 1 is 1.45 bits per heavy atom. The molecule has 0 bridgehead atoms. The zero-order valence-electron chi connectivity index (χ0n) is 11.0. The van der Waals surface area contributed by atoms with E-state index in [4.69, 9.17) is 33.0 Å². The van der Waals surface area contributed by atoms with Crippen LogP contribution in [0.4, 0.5) is 4.79 Å². The topological polar surface area (TPSA) is 61.8 Å². The van der Waals surface area contributed by atoms with Crippen molar-refractivity contribution >= 4 is 29.3 Å². The molecule has 1 aromatic rings. The highest BCUT2D eigenvalue weighted by Gasteiger charge is 2.30. The second-order valence-corrected chi connectivity index (χ2v) is 5.40. The molecule has 1 saturated heterocycles. The summed E-state index contributed by atoms with van der Waals surface area (Å²) >= 11 is 11.9. The van der Waals surface area contributed by atoms with E-state index in [9.17, 15) is 4.79 Å². The Hall–Kier alpha value is -1.01. The molecule has 0 aliphatic carbocycles. The Balaban J connectivity index is 2.24. The predicted octanol–water partition coefficient (Wildman–Crippen LogP) is 2.63. The van der Waals surface area contributed by atoms with Crippen molar-refractivity contribution in [2.45, 2.75) is 12.1 Å². The molecular formula is C13H16Cl2N2O3. The number of benzene rings is 1. The fourth-order valence-corrected chi connectivity index (χ4v) is 2.57. The van der Waals surface area contributed by atoms with Crippen LogP contribution < -0.4 is 5.32 Å². The number of likely N-dealkylation sites (N-methyl/N-ethyl adjacent to an activating group) is 1. The third-order valence-electron chi connectivity index (χ3n) is 3.35. The number of rotatable bonds is 2. The third-order valence-corrected chi connectivity index (χ3v) is 4.09. The molecule has 20 heavy (non-hydrogen) atoms. The van der Waals surface area contributed by atoms with Crippen LogP contribution in [0.3, 0.4) is 0 Å². The molecule has 0 radical (unpaired) electrons. The number of carbonyl (C=O) groups is 1. The Morgan fingerprint density at radius 3 is 2.80 bits per heavy atom. The van der Waals surface area contributed by atoms with E-state index in [2.05, 4.69) is 5.32 Å². The van der Waals surface area contributed by atoms with Crippen molar-refractivity contribution < 1.29 is 14.6 Å². The molecule has 7 heteroatoms. The Bertz CT molecular complexity index is 499. The summed E-state index contributed by atoms with van der Waals surface area (Å²) in [5, 5.41) is 13.2. The van der Waals surface area contributed by atoms with Crippen LogP contribution in [-0.2, 0) is 4.74 Å². The molecule has 5 nitrogen and oxygen atoms in total. The lowest BCUT2D eigenvalue weighted by atomic mass is 10.0. The number of nitrogens with zero attached hydrogens (tertiary/aromatic N) is 1. The van der Waals surface area contributed by atoms with Gasteiger partial charge in [0.2, 0.25) is 0 Å². The monoisotopic (exact) mass is 318 g/mol. The largest absolute Gasteiger partial charge is 0.465 e. The van der Waals surface area contributed by atoms with Crippen molar-refractivity contribution in [3.05, 3.63) is 33.8 Å². The Morgan fingerprint density at radius 2 is 2.20 bits per heavy atom. The summed E-state index contributed by atoms with van der Waals surface area (Å²) in [6.07, 6.45) is -1.21. The van der Waals surface area contributed by atoms with Crippen LogP contribution in [0.5, 0.6) is 0 Å². The van der Waals surface area contributed by atoms with Gasteiger partial charge in [-0.15, -0.1) is 0 Å². The normalized spacial score (nSPS) is 23.4. The molecular weight excluding hydrogens is 303 g/mol. The molecule has 2 atom stereocenters. The minimum absolute atomic E-state index is 0.147. The summed E-state index contributed by atoms with van der Waals surface area (Å²) in [7, 11) is 1.78. The summed E-state index contributed by atoms with van der Waals surface area (Å²) < 4.78 is 5.80. The summed E-state index contributed by atoms with van der Waals surface area (Å²) in [4.78, 5) is 12.5. The molecule has 2 rings (SSSR count). The number of halogens is 2. The van der Waals surface area contributed by atoms with Gasteiger partial charge in [-0.25, -0.2) is 4.79 Å². The second kappa shape index (κ2) is 6.63. The van der Waals surface area contributed by atoms with Gasteiger partial charge < -0.3 is 20.1 Å². The van der Waals surface area contributed by atoms with Gasteiger partial charge in [0.15, 0.2) is 0 Å². The molecule has 0 aromatic heterocycles. The summed E-state index contributed by atoms with van der Waals surface area (Å²) in [5.74, 6) is 0. The van der Waals surface area contributed by atoms with E-state index in [-0.39, 0.29) is 12.1 Å². The van der Waals surface area contributed by atoms with Gasteiger partial charge in [0.1, 0.15) is 0 Å². The van der Waals surface area contributed by atoms with E-state index in [1.807, 2.05) is 6.07 Å². The van der Waals surface area contributed by atoms with Crippen LogP contribution >= 0.6 is 23.2 Å². The van der Waals surface area contributed by atoms with Gasteiger partial charge in [-0.05, 0) is 24.7 Å². The second-order valence-electron chi connectivity index (χ2n) is 4.59. The fraction of sp³-hybridized carbons (Fsp3) is 0.462. The first-order valence-electron chi connectivity index (χ1n) is 6.24. The standard InChI is InChI=1S/C13H16Cl2N2O3/c1-16-11-7-17(13(18)19)4-5-20-12(11)8-2-3-9(14)10(15)6-8/h2-3,6,11-12,16H,4-5,7H2,1H3,(H,18,19)/t11-,12+/m1/s1. The average molecular weight is 319 g/mol. The van der Waals surface area contributed by atoms with Gasteiger partial charge in [-0.1, -0.05) is 29.3 Å². The molecule has 2 N–H and O–H groups in total. The number of nitrogens with one attached hydrogen (secondary N) is 1. The molecule has 1 aliphatic rings. The number of amides is 1. The maximum Gasteiger partial charge on any atom is 0.407 e. The van der Waals surface area contributed by atoms with E-state index >= 15 is 0 Å². The lowest BCUT2D eigenvalue weighted by Crippen LogP contribution is -2.43. The fourth-order valence-electron chi connectivity index (χ4n) is 2.26. The van der Waals surface area contributed by atoms with E-state index in [1.54, 1.807) is 19.2 Å². The highest BCUT2D eigenvalue weighted by molar-refractivity contribution is 6.42. The van der Waals surface area contributed by atoms with E-state index in [1.165, 1.54) is 4.90 Å². The molecule has 1 fully saturated rings. The molecule has 1 aliphatic heterocycles. The maximum atomic E-state index is 11.1. The van der Waals surface area contributed by atoms with E-state index in [0.29, 0.717) is 29.7 Å². The average Bonchev–Trinajstić information content (AvgIpc) is 2.64. The van der Waals surface area contributed by atoms with Crippen molar-refractivity contribution in [2.75, 3.05) is 26.7 Å². The van der Waals surface area contributed by atoms with Gasteiger partial charge in [-0.2, -0.15) is 0 Å².